The van der Waals surface area contributed by atoms with E-state index in [-0.39, 0.29) is 18.8 Å². The number of nitrogens with zero attached hydrogens (tertiary/aromatic N) is 5. The molecule has 3 aromatic rings. The fraction of sp³-hybridized carbons (Fsp3) is 0.417. The average Bonchev–Trinajstić information content (AvgIpc) is 3.25. The molecular weight excluding hydrogens is 458 g/mol. The molecule has 0 saturated carbocycles. The van der Waals surface area contributed by atoms with E-state index in [1.54, 1.807) is 6.20 Å². The van der Waals surface area contributed by atoms with Gasteiger partial charge in [-0.25, -0.2) is 15.0 Å². The average molecular weight is 486 g/mol. The molecule has 4 rings (SSSR count). The molecule has 0 radical (unpaired) electrons. The highest BCUT2D eigenvalue weighted by molar-refractivity contribution is 7.13. The molecule has 0 spiro atoms. The molecule has 3 heterocycles. The number of hydrogen-bond acceptors (Lipinski definition) is 8. The Balaban J connectivity index is 1.43. The van der Waals surface area contributed by atoms with Crippen LogP contribution in [0.2, 0.25) is 5.02 Å². The third-order valence-electron chi connectivity index (χ3n) is 5.84. The third kappa shape index (κ3) is 5.95. The minimum absolute atomic E-state index is 0.0234. The summed E-state index contributed by atoms with van der Waals surface area (Å²) in [4.78, 5) is 31.7. The third-order valence-corrected chi connectivity index (χ3v) is 7.23. The molecule has 1 aliphatic rings. The number of anilines is 1. The van der Waals surface area contributed by atoms with E-state index in [1.807, 2.05) is 38.1 Å². The first-order valence-corrected chi connectivity index (χ1v) is 12.3. The first-order valence-electron chi connectivity index (χ1n) is 11.1. The van der Waals surface area contributed by atoms with E-state index in [0.29, 0.717) is 22.9 Å². The summed E-state index contributed by atoms with van der Waals surface area (Å²) in [5, 5.41) is 10.6. The molecule has 33 heavy (non-hydrogen) atoms. The summed E-state index contributed by atoms with van der Waals surface area (Å²) >= 11 is 7.71. The van der Waals surface area contributed by atoms with Gasteiger partial charge < -0.3 is 10.0 Å². The number of halogens is 1. The summed E-state index contributed by atoms with van der Waals surface area (Å²) in [5.74, 6) is 1.67. The number of ketones is 1. The van der Waals surface area contributed by atoms with Crippen LogP contribution in [0.15, 0.2) is 30.5 Å². The maximum atomic E-state index is 12.8. The van der Waals surface area contributed by atoms with Crippen molar-refractivity contribution < 1.29 is 9.90 Å². The molecule has 1 fully saturated rings. The number of carbonyl (C=O) groups excluding carboxylic acids is 1. The standard InChI is InChI=1S/C24H28ClN5O2S/c1-16-4-3-5-20(25)19(16)14-21(32)22-15-26-24(33-22)13-18-12-23(28-17(2)27-18)30-8-6-29(7-9-30)10-11-31/h3-5,12,15,31H,6-11,13-14H2,1-2H3. The number of Topliss-reactive ketones (excluding diaryl/α,β-unsaturated/α-hetero) is 1. The summed E-state index contributed by atoms with van der Waals surface area (Å²) in [6, 6.07) is 7.69. The van der Waals surface area contributed by atoms with E-state index in [2.05, 4.69) is 24.8 Å². The van der Waals surface area contributed by atoms with Crippen LogP contribution in [-0.2, 0) is 12.8 Å². The number of carbonyl (C=O) groups is 1. The number of benzene rings is 1. The number of hydrogen-bond donors (Lipinski definition) is 1. The molecular formula is C24H28ClN5O2S. The van der Waals surface area contributed by atoms with Crippen LogP contribution >= 0.6 is 22.9 Å². The van der Waals surface area contributed by atoms with Crippen LogP contribution in [0.4, 0.5) is 5.82 Å². The van der Waals surface area contributed by atoms with E-state index in [0.717, 1.165) is 59.6 Å². The SMILES string of the molecule is Cc1nc(Cc2ncc(C(=O)Cc3c(C)cccc3Cl)s2)cc(N2CCN(CCO)CC2)n1. The first kappa shape index (κ1) is 23.8. The number of β-amino-alcohol motifs (C(OH)–C–C–N with tert-alkyl or cyclic N) is 1. The van der Waals surface area contributed by atoms with Crippen LogP contribution in [0.5, 0.6) is 0 Å². The van der Waals surface area contributed by atoms with Gasteiger partial charge in [0.05, 0.1) is 22.2 Å². The topological polar surface area (TPSA) is 82.5 Å². The summed E-state index contributed by atoms with van der Waals surface area (Å²) in [6.07, 6.45) is 2.49. The van der Waals surface area contributed by atoms with Crippen molar-refractivity contribution in [1.29, 1.82) is 0 Å². The number of rotatable bonds is 8. The molecule has 9 heteroatoms. The van der Waals surface area contributed by atoms with Crippen LogP contribution in [0.25, 0.3) is 0 Å². The van der Waals surface area contributed by atoms with Crippen LogP contribution in [0.3, 0.4) is 0 Å². The minimum atomic E-state index is 0.0234. The Morgan fingerprint density at radius 3 is 2.70 bits per heavy atom. The molecule has 1 aromatic carbocycles. The van der Waals surface area contributed by atoms with Crippen molar-refractivity contribution in [2.45, 2.75) is 26.7 Å². The minimum Gasteiger partial charge on any atom is -0.395 e. The van der Waals surface area contributed by atoms with Crippen LogP contribution in [0, 0.1) is 13.8 Å². The zero-order valence-corrected chi connectivity index (χ0v) is 20.5. The van der Waals surface area contributed by atoms with Crippen molar-refractivity contribution in [2.24, 2.45) is 0 Å². The van der Waals surface area contributed by atoms with Gasteiger partial charge in [0.1, 0.15) is 11.6 Å². The summed E-state index contributed by atoms with van der Waals surface area (Å²) in [6.45, 7) is 8.31. The molecule has 1 N–H and O–H groups in total. The zero-order chi connectivity index (χ0) is 23.4. The van der Waals surface area contributed by atoms with Gasteiger partial charge in [-0.05, 0) is 31.0 Å². The maximum Gasteiger partial charge on any atom is 0.178 e. The Bertz CT molecular complexity index is 1110. The lowest BCUT2D eigenvalue weighted by Crippen LogP contribution is -2.47. The van der Waals surface area contributed by atoms with Crippen LogP contribution in [-0.4, -0.2) is 70.1 Å². The molecule has 0 unspecified atom stereocenters. The summed E-state index contributed by atoms with van der Waals surface area (Å²) < 4.78 is 0. The number of aromatic nitrogens is 3. The number of aliphatic hydroxyl groups excluding tert-OH is 1. The molecule has 174 valence electrons. The van der Waals surface area contributed by atoms with E-state index in [4.69, 9.17) is 16.7 Å². The van der Waals surface area contributed by atoms with Crippen molar-refractivity contribution in [3.05, 3.63) is 68.0 Å². The quantitative estimate of drug-likeness (QED) is 0.490. The molecule has 0 bridgehead atoms. The van der Waals surface area contributed by atoms with E-state index in [9.17, 15) is 4.79 Å². The largest absolute Gasteiger partial charge is 0.395 e. The van der Waals surface area contributed by atoms with Gasteiger partial charge in [-0.15, -0.1) is 11.3 Å². The zero-order valence-electron chi connectivity index (χ0n) is 18.9. The van der Waals surface area contributed by atoms with Gasteiger partial charge in [-0.3, -0.25) is 9.69 Å². The van der Waals surface area contributed by atoms with E-state index >= 15 is 0 Å². The molecule has 0 aliphatic carbocycles. The lowest BCUT2D eigenvalue weighted by molar-refractivity contribution is 0.0996. The van der Waals surface area contributed by atoms with Gasteiger partial charge in [0, 0.05) is 62.9 Å². The number of aryl methyl sites for hydroxylation is 2. The Morgan fingerprint density at radius 2 is 1.97 bits per heavy atom. The Morgan fingerprint density at radius 1 is 1.18 bits per heavy atom. The van der Waals surface area contributed by atoms with E-state index < -0.39 is 0 Å². The molecule has 1 saturated heterocycles. The normalized spacial score (nSPS) is 14.6. The van der Waals surface area contributed by atoms with Gasteiger partial charge >= 0.3 is 0 Å². The van der Waals surface area contributed by atoms with Crippen molar-refractivity contribution >= 4 is 34.5 Å². The number of aliphatic hydroxyl groups is 1. The number of piperazine rings is 1. The smallest absolute Gasteiger partial charge is 0.178 e. The number of thiazole rings is 1. The van der Waals surface area contributed by atoms with Crippen molar-refractivity contribution in [3.63, 3.8) is 0 Å². The van der Waals surface area contributed by atoms with E-state index in [1.165, 1.54) is 11.3 Å². The fourth-order valence-electron chi connectivity index (χ4n) is 4.02. The molecule has 0 amide bonds. The van der Waals surface area contributed by atoms with Crippen molar-refractivity contribution in [2.75, 3.05) is 44.2 Å². The van der Waals surface area contributed by atoms with Gasteiger partial charge in [0.2, 0.25) is 0 Å². The van der Waals surface area contributed by atoms with Crippen LogP contribution in [0.1, 0.15) is 37.3 Å². The fourth-order valence-corrected chi connectivity index (χ4v) is 5.18. The Hall–Kier alpha value is -2.39. The lowest BCUT2D eigenvalue weighted by Gasteiger charge is -2.35. The van der Waals surface area contributed by atoms with Crippen molar-refractivity contribution in [3.8, 4) is 0 Å². The second-order valence-electron chi connectivity index (χ2n) is 8.25. The second-order valence-corrected chi connectivity index (χ2v) is 9.77. The lowest BCUT2D eigenvalue weighted by atomic mass is 10.0. The first-order chi connectivity index (χ1) is 15.9. The monoisotopic (exact) mass is 485 g/mol. The van der Waals surface area contributed by atoms with Gasteiger partial charge in [-0.2, -0.15) is 0 Å². The Labute approximate surface area is 203 Å². The van der Waals surface area contributed by atoms with Gasteiger partial charge in [0.25, 0.3) is 0 Å². The highest BCUT2D eigenvalue weighted by atomic mass is 35.5. The summed E-state index contributed by atoms with van der Waals surface area (Å²) in [5.41, 5.74) is 2.78. The highest BCUT2D eigenvalue weighted by Gasteiger charge is 2.19. The van der Waals surface area contributed by atoms with Gasteiger partial charge in [0.15, 0.2) is 5.78 Å². The Kier molecular flexibility index (Phi) is 7.70. The molecule has 2 aromatic heterocycles. The van der Waals surface area contributed by atoms with Crippen molar-refractivity contribution in [1.82, 2.24) is 19.9 Å². The summed E-state index contributed by atoms with van der Waals surface area (Å²) in [7, 11) is 0. The highest BCUT2D eigenvalue weighted by Crippen LogP contribution is 2.24. The second kappa shape index (κ2) is 10.7. The van der Waals surface area contributed by atoms with Gasteiger partial charge in [-0.1, -0.05) is 23.7 Å². The molecule has 7 nitrogen and oxygen atoms in total. The molecule has 1 aliphatic heterocycles. The predicted molar refractivity (Wildman–Crippen MR) is 132 cm³/mol. The predicted octanol–water partition coefficient (Wildman–Crippen LogP) is 3.33. The molecule has 0 atom stereocenters. The maximum absolute atomic E-state index is 12.8. The van der Waals surface area contributed by atoms with Crippen LogP contribution < -0.4 is 4.90 Å².